The van der Waals surface area contributed by atoms with Gasteiger partial charge in [-0.15, -0.1) is 0 Å². The third-order valence-electron chi connectivity index (χ3n) is 3.44. The van der Waals surface area contributed by atoms with Crippen molar-refractivity contribution >= 4 is 17.4 Å². The molecule has 0 aliphatic carbocycles. The van der Waals surface area contributed by atoms with Crippen molar-refractivity contribution in [2.75, 3.05) is 38.3 Å². The molecule has 0 N–H and O–H groups in total. The van der Waals surface area contributed by atoms with E-state index in [9.17, 15) is 4.79 Å². The monoisotopic (exact) mass is 320 g/mol. The Labute approximate surface area is 136 Å². The Kier molecular flexibility index (Phi) is 6.34. The molecule has 0 fully saturated rings. The first kappa shape index (κ1) is 17.2. The van der Waals surface area contributed by atoms with E-state index in [4.69, 9.17) is 9.47 Å². The predicted octanol–water partition coefficient (Wildman–Crippen LogP) is 2.16. The van der Waals surface area contributed by atoms with Gasteiger partial charge in [-0.1, -0.05) is 6.92 Å². The molecule has 0 aliphatic rings. The van der Waals surface area contributed by atoms with E-state index in [0.717, 1.165) is 31.7 Å². The summed E-state index contributed by atoms with van der Waals surface area (Å²) in [7, 11) is 1.70. The number of hydrogen-bond donors (Lipinski definition) is 0. The smallest absolute Gasteiger partial charge is 0.343 e. The Morgan fingerprint density at radius 2 is 2.17 bits per heavy atom. The van der Waals surface area contributed by atoms with Crippen LogP contribution in [0.3, 0.4) is 0 Å². The molecule has 7 heteroatoms. The molecule has 2 heterocycles. The van der Waals surface area contributed by atoms with E-state index in [1.807, 2.05) is 12.3 Å². The SMILES string of the molecule is CCCN(CCCOC)c1ccn2ncc(C(=O)OCC)c2n1. The Balaban J connectivity index is 2.28. The van der Waals surface area contributed by atoms with E-state index in [0.29, 0.717) is 24.4 Å². The van der Waals surface area contributed by atoms with Gasteiger partial charge in [0, 0.05) is 33.0 Å². The molecule has 23 heavy (non-hydrogen) atoms. The highest BCUT2D eigenvalue weighted by Crippen LogP contribution is 2.16. The summed E-state index contributed by atoms with van der Waals surface area (Å²) in [6.45, 7) is 6.70. The molecule has 0 bridgehead atoms. The van der Waals surface area contributed by atoms with Crippen LogP contribution in [-0.4, -0.2) is 54.0 Å². The standard InChI is InChI=1S/C16H24N4O3/c1-4-8-19(9-6-11-22-3)14-7-10-20-15(18-14)13(12-17-20)16(21)23-5-2/h7,10,12H,4-6,8-9,11H2,1-3H3. The summed E-state index contributed by atoms with van der Waals surface area (Å²) < 4.78 is 11.8. The molecule has 0 aromatic carbocycles. The summed E-state index contributed by atoms with van der Waals surface area (Å²) in [5, 5.41) is 4.16. The van der Waals surface area contributed by atoms with Crippen LogP contribution in [0.2, 0.25) is 0 Å². The zero-order chi connectivity index (χ0) is 16.7. The molecule has 7 nitrogen and oxygen atoms in total. The van der Waals surface area contributed by atoms with Crippen LogP contribution in [0.1, 0.15) is 37.0 Å². The second kappa shape index (κ2) is 8.47. The number of carbonyl (C=O) groups excluding carboxylic acids is 1. The fourth-order valence-electron chi connectivity index (χ4n) is 2.40. The zero-order valence-corrected chi connectivity index (χ0v) is 14.0. The van der Waals surface area contributed by atoms with E-state index in [1.165, 1.54) is 6.20 Å². The van der Waals surface area contributed by atoms with Crippen LogP contribution in [0.25, 0.3) is 5.65 Å². The summed E-state index contributed by atoms with van der Waals surface area (Å²) in [6.07, 6.45) is 5.26. The van der Waals surface area contributed by atoms with E-state index >= 15 is 0 Å². The van der Waals surface area contributed by atoms with Gasteiger partial charge in [-0.3, -0.25) is 0 Å². The average molecular weight is 320 g/mol. The molecule has 2 aromatic rings. The number of aromatic nitrogens is 3. The first-order valence-electron chi connectivity index (χ1n) is 7.96. The molecule has 0 spiro atoms. The minimum atomic E-state index is -0.395. The Morgan fingerprint density at radius 1 is 1.35 bits per heavy atom. The summed E-state index contributed by atoms with van der Waals surface area (Å²) >= 11 is 0. The van der Waals surface area contributed by atoms with Crippen molar-refractivity contribution < 1.29 is 14.3 Å². The van der Waals surface area contributed by atoms with Gasteiger partial charge in [-0.25, -0.2) is 14.3 Å². The largest absolute Gasteiger partial charge is 0.462 e. The highest BCUT2D eigenvalue weighted by atomic mass is 16.5. The molecule has 0 radical (unpaired) electrons. The van der Waals surface area contributed by atoms with E-state index in [-0.39, 0.29) is 0 Å². The predicted molar refractivity (Wildman–Crippen MR) is 87.9 cm³/mol. The fraction of sp³-hybridized carbons (Fsp3) is 0.562. The van der Waals surface area contributed by atoms with Crippen LogP contribution < -0.4 is 4.90 Å². The molecule has 2 rings (SSSR count). The number of carbonyl (C=O) groups is 1. The lowest BCUT2D eigenvalue weighted by Crippen LogP contribution is -2.27. The van der Waals surface area contributed by atoms with Crippen molar-refractivity contribution in [1.82, 2.24) is 14.6 Å². The van der Waals surface area contributed by atoms with Gasteiger partial charge in [0.15, 0.2) is 5.65 Å². The molecule has 0 saturated carbocycles. The highest BCUT2D eigenvalue weighted by Gasteiger charge is 2.17. The number of esters is 1. The first-order valence-corrected chi connectivity index (χ1v) is 7.96. The maximum Gasteiger partial charge on any atom is 0.343 e. The summed E-state index contributed by atoms with van der Waals surface area (Å²) in [6, 6.07) is 1.91. The van der Waals surface area contributed by atoms with Crippen molar-refractivity contribution in [1.29, 1.82) is 0 Å². The van der Waals surface area contributed by atoms with Crippen LogP contribution in [0.15, 0.2) is 18.5 Å². The number of fused-ring (bicyclic) bond motifs is 1. The van der Waals surface area contributed by atoms with Gasteiger partial charge in [0.25, 0.3) is 0 Å². The molecule has 0 saturated heterocycles. The molecule has 0 amide bonds. The quantitative estimate of drug-likeness (QED) is 0.521. The third-order valence-corrected chi connectivity index (χ3v) is 3.44. The molecular weight excluding hydrogens is 296 g/mol. The van der Waals surface area contributed by atoms with Gasteiger partial charge in [0.2, 0.25) is 0 Å². The van der Waals surface area contributed by atoms with Gasteiger partial charge in [-0.2, -0.15) is 5.10 Å². The van der Waals surface area contributed by atoms with Gasteiger partial charge in [-0.05, 0) is 25.8 Å². The van der Waals surface area contributed by atoms with Gasteiger partial charge in [0.05, 0.1) is 12.8 Å². The number of nitrogens with zero attached hydrogens (tertiary/aromatic N) is 4. The molecule has 2 aromatic heterocycles. The number of hydrogen-bond acceptors (Lipinski definition) is 6. The van der Waals surface area contributed by atoms with Crippen molar-refractivity contribution in [3.63, 3.8) is 0 Å². The zero-order valence-electron chi connectivity index (χ0n) is 14.0. The van der Waals surface area contributed by atoms with Crippen molar-refractivity contribution in [3.8, 4) is 0 Å². The highest BCUT2D eigenvalue weighted by molar-refractivity contribution is 5.95. The van der Waals surface area contributed by atoms with Crippen LogP contribution in [0, 0.1) is 0 Å². The molecule has 126 valence electrons. The van der Waals surface area contributed by atoms with Crippen molar-refractivity contribution in [2.45, 2.75) is 26.7 Å². The number of methoxy groups -OCH3 is 1. The van der Waals surface area contributed by atoms with Crippen LogP contribution in [0.4, 0.5) is 5.82 Å². The Bertz CT molecular complexity index is 641. The Hall–Kier alpha value is -2.15. The number of rotatable bonds is 9. The van der Waals surface area contributed by atoms with Crippen LogP contribution in [0.5, 0.6) is 0 Å². The van der Waals surface area contributed by atoms with Gasteiger partial charge in [0.1, 0.15) is 11.4 Å². The van der Waals surface area contributed by atoms with E-state index in [2.05, 4.69) is 21.9 Å². The second-order valence-electron chi connectivity index (χ2n) is 5.17. The maximum atomic E-state index is 12.0. The molecule has 0 atom stereocenters. The van der Waals surface area contributed by atoms with Crippen molar-refractivity contribution in [2.24, 2.45) is 0 Å². The van der Waals surface area contributed by atoms with Crippen LogP contribution in [-0.2, 0) is 9.47 Å². The lowest BCUT2D eigenvalue weighted by molar-refractivity contribution is 0.0528. The normalized spacial score (nSPS) is 10.9. The first-order chi connectivity index (χ1) is 11.2. The lowest BCUT2D eigenvalue weighted by atomic mass is 10.3. The van der Waals surface area contributed by atoms with Gasteiger partial charge < -0.3 is 14.4 Å². The van der Waals surface area contributed by atoms with Crippen molar-refractivity contribution in [3.05, 3.63) is 24.0 Å². The van der Waals surface area contributed by atoms with E-state index < -0.39 is 5.97 Å². The average Bonchev–Trinajstić information content (AvgIpc) is 2.97. The van der Waals surface area contributed by atoms with Crippen LogP contribution >= 0.6 is 0 Å². The minimum Gasteiger partial charge on any atom is -0.462 e. The summed E-state index contributed by atoms with van der Waals surface area (Å²) in [4.78, 5) is 18.8. The topological polar surface area (TPSA) is 69.0 Å². The molecule has 0 aliphatic heterocycles. The van der Waals surface area contributed by atoms with Gasteiger partial charge >= 0.3 is 5.97 Å². The maximum absolute atomic E-state index is 12.0. The minimum absolute atomic E-state index is 0.328. The number of anilines is 1. The fourth-order valence-corrected chi connectivity index (χ4v) is 2.40. The summed E-state index contributed by atoms with van der Waals surface area (Å²) in [5.41, 5.74) is 0.913. The Morgan fingerprint density at radius 3 is 2.87 bits per heavy atom. The second-order valence-corrected chi connectivity index (χ2v) is 5.17. The molecule has 0 unspecified atom stereocenters. The summed E-state index contributed by atoms with van der Waals surface area (Å²) in [5.74, 6) is 0.440. The lowest BCUT2D eigenvalue weighted by Gasteiger charge is -2.23. The third kappa shape index (κ3) is 4.19. The van der Waals surface area contributed by atoms with E-state index in [1.54, 1.807) is 18.5 Å². The molecular formula is C16H24N4O3. The number of ether oxygens (including phenoxy) is 2.